The van der Waals surface area contributed by atoms with Gasteiger partial charge in [0.25, 0.3) is 6.43 Å². The first-order chi connectivity index (χ1) is 7.72. The molecule has 1 atom stereocenters. The summed E-state index contributed by atoms with van der Waals surface area (Å²) in [6.07, 6.45) is -1.15. The molecular weight excluding hydrogens is 214 g/mol. The van der Waals surface area contributed by atoms with Crippen molar-refractivity contribution in [1.82, 2.24) is 10.2 Å². The van der Waals surface area contributed by atoms with Crippen LogP contribution in [-0.2, 0) is 4.74 Å². The molecule has 1 aliphatic rings. The molecule has 1 unspecified atom stereocenters. The van der Waals surface area contributed by atoms with Crippen LogP contribution in [0.2, 0.25) is 0 Å². The van der Waals surface area contributed by atoms with Crippen LogP contribution in [0.3, 0.4) is 0 Å². The molecule has 1 fully saturated rings. The van der Waals surface area contributed by atoms with Crippen molar-refractivity contribution >= 4 is 0 Å². The van der Waals surface area contributed by atoms with Gasteiger partial charge in [-0.05, 0) is 32.0 Å². The lowest BCUT2D eigenvalue weighted by atomic mass is 10.1. The largest absolute Gasteiger partial charge is 0.374 e. The zero-order valence-electron chi connectivity index (χ0n) is 9.92. The smallest absolute Gasteiger partial charge is 0.261 e. The molecule has 1 N–H and O–H groups in total. The standard InChI is InChI=1S/C11H22F2N2O/c1-2-14-7-10-3-4-15(8-10)5-6-16-9-11(12)13/h10-11,14H,2-9H2,1H3. The number of halogens is 2. The average Bonchev–Trinajstić information content (AvgIpc) is 2.69. The number of ether oxygens (including phenoxy) is 1. The van der Waals surface area contributed by atoms with Crippen LogP contribution in [0.4, 0.5) is 8.78 Å². The van der Waals surface area contributed by atoms with Gasteiger partial charge in [-0.3, -0.25) is 0 Å². The Bertz CT molecular complexity index is 181. The average molecular weight is 236 g/mol. The molecule has 0 aromatic heterocycles. The first kappa shape index (κ1) is 13.8. The maximum atomic E-state index is 11.8. The molecule has 0 bridgehead atoms. The maximum Gasteiger partial charge on any atom is 0.261 e. The number of hydrogen-bond acceptors (Lipinski definition) is 3. The summed E-state index contributed by atoms with van der Waals surface area (Å²) >= 11 is 0. The van der Waals surface area contributed by atoms with Gasteiger partial charge < -0.3 is 15.0 Å². The van der Waals surface area contributed by atoms with Gasteiger partial charge in [0.1, 0.15) is 6.61 Å². The lowest BCUT2D eigenvalue weighted by Gasteiger charge is -2.16. The van der Waals surface area contributed by atoms with Crippen LogP contribution in [0.1, 0.15) is 13.3 Å². The molecule has 1 heterocycles. The minimum atomic E-state index is -2.35. The topological polar surface area (TPSA) is 24.5 Å². The first-order valence-corrected chi connectivity index (χ1v) is 6.01. The first-order valence-electron chi connectivity index (χ1n) is 6.01. The predicted octanol–water partition coefficient (Wildman–Crippen LogP) is 1.20. The fourth-order valence-electron chi connectivity index (χ4n) is 2.00. The molecular formula is C11H22F2N2O. The highest BCUT2D eigenvalue weighted by molar-refractivity contribution is 4.76. The molecule has 1 rings (SSSR count). The summed E-state index contributed by atoms with van der Waals surface area (Å²) in [6.45, 7) is 7.05. The Hall–Kier alpha value is -0.260. The van der Waals surface area contributed by atoms with E-state index in [0.29, 0.717) is 12.5 Å². The molecule has 0 amide bonds. The Morgan fingerprint density at radius 1 is 1.50 bits per heavy atom. The van der Waals surface area contributed by atoms with Crippen LogP contribution in [0.25, 0.3) is 0 Å². The van der Waals surface area contributed by atoms with Crippen LogP contribution < -0.4 is 5.32 Å². The van der Waals surface area contributed by atoms with E-state index in [9.17, 15) is 8.78 Å². The van der Waals surface area contributed by atoms with Crippen molar-refractivity contribution in [3.63, 3.8) is 0 Å². The van der Waals surface area contributed by atoms with E-state index in [1.54, 1.807) is 0 Å². The van der Waals surface area contributed by atoms with Gasteiger partial charge in [0.15, 0.2) is 0 Å². The molecule has 96 valence electrons. The third-order valence-corrected chi connectivity index (χ3v) is 2.85. The third-order valence-electron chi connectivity index (χ3n) is 2.85. The molecule has 0 aromatic rings. The van der Waals surface area contributed by atoms with Gasteiger partial charge in [-0.15, -0.1) is 0 Å². The Morgan fingerprint density at radius 2 is 2.31 bits per heavy atom. The van der Waals surface area contributed by atoms with Gasteiger partial charge in [0.05, 0.1) is 6.61 Å². The Balaban J connectivity index is 1.98. The molecule has 0 radical (unpaired) electrons. The van der Waals surface area contributed by atoms with Gasteiger partial charge in [-0.25, -0.2) is 8.78 Å². The van der Waals surface area contributed by atoms with Crippen LogP contribution in [-0.4, -0.2) is 57.3 Å². The second-order valence-electron chi connectivity index (χ2n) is 4.23. The number of alkyl halides is 2. The van der Waals surface area contributed by atoms with E-state index >= 15 is 0 Å². The molecule has 3 nitrogen and oxygen atoms in total. The van der Waals surface area contributed by atoms with Crippen molar-refractivity contribution < 1.29 is 13.5 Å². The zero-order valence-corrected chi connectivity index (χ0v) is 9.92. The monoisotopic (exact) mass is 236 g/mol. The van der Waals surface area contributed by atoms with Gasteiger partial charge in [0, 0.05) is 13.1 Å². The van der Waals surface area contributed by atoms with Crippen LogP contribution >= 0.6 is 0 Å². The van der Waals surface area contributed by atoms with Crippen molar-refractivity contribution in [2.45, 2.75) is 19.8 Å². The van der Waals surface area contributed by atoms with E-state index in [1.165, 1.54) is 6.42 Å². The SMILES string of the molecule is CCNCC1CCN(CCOCC(F)F)C1. The molecule has 1 saturated heterocycles. The number of nitrogens with zero attached hydrogens (tertiary/aromatic N) is 1. The molecule has 0 spiro atoms. The van der Waals surface area contributed by atoms with Crippen molar-refractivity contribution in [2.75, 3.05) is 45.9 Å². The van der Waals surface area contributed by atoms with Gasteiger partial charge in [0.2, 0.25) is 0 Å². The van der Waals surface area contributed by atoms with E-state index in [1.807, 2.05) is 0 Å². The number of rotatable bonds is 8. The fourth-order valence-corrected chi connectivity index (χ4v) is 2.00. The highest BCUT2D eigenvalue weighted by atomic mass is 19.3. The molecule has 0 saturated carbocycles. The number of hydrogen-bond donors (Lipinski definition) is 1. The molecule has 0 aliphatic carbocycles. The molecule has 0 aromatic carbocycles. The summed E-state index contributed by atoms with van der Waals surface area (Å²) in [5.41, 5.74) is 0. The Labute approximate surface area is 96.1 Å². The zero-order chi connectivity index (χ0) is 11.8. The molecule has 16 heavy (non-hydrogen) atoms. The Morgan fingerprint density at radius 3 is 3.00 bits per heavy atom. The summed E-state index contributed by atoms with van der Waals surface area (Å²) in [4.78, 5) is 2.29. The number of nitrogens with one attached hydrogen (secondary N) is 1. The van der Waals surface area contributed by atoms with Crippen molar-refractivity contribution in [1.29, 1.82) is 0 Å². The lowest BCUT2D eigenvalue weighted by molar-refractivity contribution is 0.0112. The highest BCUT2D eigenvalue weighted by Crippen LogP contribution is 2.14. The van der Waals surface area contributed by atoms with Crippen LogP contribution in [0.5, 0.6) is 0 Å². The van der Waals surface area contributed by atoms with Gasteiger partial charge in [-0.1, -0.05) is 6.92 Å². The van der Waals surface area contributed by atoms with Crippen LogP contribution in [0.15, 0.2) is 0 Å². The fraction of sp³-hybridized carbons (Fsp3) is 1.00. The predicted molar refractivity (Wildman–Crippen MR) is 59.9 cm³/mol. The normalized spacial score (nSPS) is 22.1. The summed E-state index contributed by atoms with van der Waals surface area (Å²) in [7, 11) is 0. The number of likely N-dealkylation sites (tertiary alicyclic amines) is 1. The summed E-state index contributed by atoms with van der Waals surface area (Å²) in [5.74, 6) is 0.704. The summed E-state index contributed by atoms with van der Waals surface area (Å²) < 4.78 is 28.4. The van der Waals surface area contributed by atoms with Crippen molar-refractivity contribution in [3.05, 3.63) is 0 Å². The Kier molecular flexibility index (Phi) is 6.84. The second-order valence-corrected chi connectivity index (χ2v) is 4.23. The summed E-state index contributed by atoms with van der Waals surface area (Å²) in [6, 6.07) is 0. The summed E-state index contributed by atoms with van der Waals surface area (Å²) in [5, 5.41) is 3.34. The van der Waals surface area contributed by atoms with Crippen molar-refractivity contribution in [3.8, 4) is 0 Å². The quantitative estimate of drug-likeness (QED) is 0.641. The molecule has 5 heteroatoms. The second kappa shape index (κ2) is 7.92. The molecule has 1 aliphatic heterocycles. The van der Waals surface area contributed by atoms with E-state index in [4.69, 9.17) is 4.74 Å². The van der Waals surface area contributed by atoms with E-state index in [0.717, 1.165) is 32.7 Å². The minimum Gasteiger partial charge on any atom is -0.374 e. The maximum absolute atomic E-state index is 11.8. The lowest BCUT2D eigenvalue weighted by Crippen LogP contribution is -2.28. The third kappa shape index (κ3) is 5.72. The van der Waals surface area contributed by atoms with E-state index in [2.05, 4.69) is 17.1 Å². The van der Waals surface area contributed by atoms with E-state index in [-0.39, 0.29) is 0 Å². The highest BCUT2D eigenvalue weighted by Gasteiger charge is 2.21. The van der Waals surface area contributed by atoms with Crippen molar-refractivity contribution in [2.24, 2.45) is 5.92 Å². The van der Waals surface area contributed by atoms with E-state index < -0.39 is 13.0 Å². The van der Waals surface area contributed by atoms with Crippen LogP contribution in [0, 0.1) is 5.92 Å². The minimum absolute atomic E-state index is 0.415. The van der Waals surface area contributed by atoms with Gasteiger partial charge in [-0.2, -0.15) is 0 Å². The van der Waals surface area contributed by atoms with Gasteiger partial charge >= 0.3 is 0 Å².